The number of rotatable bonds is 5. The molecule has 5 heteroatoms. The lowest BCUT2D eigenvalue weighted by molar-refractivity contribution is -0.139. The van der Waals surface area contributed by atoms with Crippen LogP contribution in [0.15, 0.2) is 36.9 Å². The van der Waals surface area contributed by atoms with E-state index >= 15 is 0 Å². The molecule has 0 aliphatic carbocycles. The maximum Gasteiger partial charge on any atom is 0.326 e. The second kappa shape index (κ2) is 5.69. The van der Waals surface area contributed by atoms with Crippen LogP contribution in [0.3, 0.4) is 0 Å². The monoisotopic (exact) mass is 235 g/mol. The van der Waals surface area contributed by atoms with Gasteiger partial charge in [-0.15, -0.1) is 6.58 Å². The number of amides is 1. The van der Waals surface area contributed by atoms with Crippen LogP contribution in [-0.4, -0.2) is 28.1 Å². The topological polar surface area (TPSA) is 86.6 Å². The van der Waals surface area contributed by atoms with Gasteiger partial charge in [0.05, 0.1) is 0 Å². The molecule has 0 aromatic heterocycles. The number of benzene rings is 1. The van der Waals surface area contributed by atoms with E-state index in [0.717, 1.165) is 0 Å². The van der Waals surface area contributed by atoms with Gasteiger partial charge in [-0.2, -0.15) is 0 Å². The molecule has 17 heavy (non-hydrogen) atoms. The molecule has 3 N–H and O–H groups in total. The van der Waals surface area contributed by atoms with Crippen molar-refractivity contribution in [3.8, 4) is 5.75 Å². The van der Waals surface area contributed by atoms with E-state index in [0.29, 0.717) is 0 Å². The molecule has 0 aliphatic rings. The predicted octanol–water partition coefficient (Wildman–Crippen LogP) is 1.15. The smallest absolute Gasteiger partial charge is 0.326 e. The van der Waals surface area contributed by atoms with Gasteiger partial charge in [0.1, 0.15) is 11.8 Å². The molecule has 1 amide bonds. The van der Waals surface area contributed by atoms with E-state index in [1.165, 1.54) is 30.3 Å². The van der Waals surface area contributed by atoms with Crippen LogP contribution in [0.25, 0.3) is 0 Å². The van der Waals surface area contributed by atoms with E-state index in [4.69, 9.17) is 10.2 Å². The summed E-state index contributed by atoms with van der Waals surface area (Å²) < 4.78 is 0. The Labute approximate surface area is 98.4 Å². The minimum Gasteiger partial charge on any atom is -0.508 e. The van der Waals surface area contributed by atoms with Crippen molar-refractivity contribution in [1.29, 1.82) is 0 Å². The van der Waals surface area contributed by atoms with E-state index in [-0.39, 0.29) is 17.7 Å². The summed E-state index contributed by atoms with van der Waals surface area (Å²) >= 11 is 0. The van der Waals surface area contributed by atoms with Gasteiger partial charge < -0.3 is 15.5 Å². The van der Waals surface area contributed by atoms with Crippen LogP contribution in [0.4, 0.5) is 0 Å². The van der Waals surface area contributed by atoms with E-state index in [1.54, 1.807) is 0 Å². The number of carboxylic acid groups (broad SMARTS) is 1. The molecule has 0 fully saturated rings. The summed E-state index contributed by atoms with van der Waals surface area (Å²) in [6.07, 6.45) is 1.58. The summed E-state index contributed by atoms with van der Waals surface area (Å²) in [6, 6.07) is 4.56. The Kier molecular flexibility index (Phi) is 4.28. The molecule has 0 radical (unpaired) electrons. The molecule has 1 unspecified atom stereocenters. The highest BCUT2D eigenvalue weighted by molar-refractivity contribution is 5.96. The first-order chi connectivity index (χ1) is 8.04. The summed E-state index contributed by atoms with van der Waals surface area (Å²) in [5.74, 6) is -1.57. The standard InChI is InChI=1S/C12H13NO4/c1-2-3-10(12(16)17)13-11(15)8-4-6-9(14)7-5-8/h2,4-7,10,14H,1,3H2,(H,13,15)(H,16,17). The molecule has 5 nitrogen and oxygen atoms in total. The number of nitrogens with one attached hydrogen (secondary N) is 1. The average Bonchev–Trinajstić information content (AvgIpc) is 2.29. The normalized spacial score (nSPS) is 11.5. The third kappa shape index (κ3) is 3.64. The number of hydrogen-bond donors (Lipinski definition) is 3. The second-order valence-electron chi connectivity index (χ2n) is 3.44. The zero-order valence-corrected chi connectivity index (χ0v) is 9.09. The van der Waals surface area contributed by atoms with Crippen molar-refractivity contribution >= 4 is 11.9 Å². The molecule has 1 atom stereocenters. The van der Waals surface area contributed by atoms with Gasteiger partial charge in [-0.25, -0.2) is 4.79 Å². The molecule has 0 heterocycles. The molecule has 90 valence electrons. The van der Waals surface area contributed by atoms with Crippen LogP contribution in [0.2, 0.25) is 0 Å². The Morgan fingerprint density at radius 1 is 1.35 bits per heavy atom. The molecule has 1 aromatic carbocycles. The van der Waals surface area contributed by atoms with Crippen molar-refractivity contribution in [3.63, 3.8) is 0 Å². The highest BCUT2D eigenvalue weighted by Gasteiger charge is 2.18. The molecule has 1 aromatic rings. The van der Waals surface area contributed by atoms with Crippen molar-refractivity contribution in [3.05, 3.63) is 42.5 Å². The van der Waals surface area contributed by atoms with E-state index in [9.17, 15) is 9.59 Å². The lowest BCUT2D eigenvalue weighted by atomic mass is 10.1. The molecule has 0 saturated carbocycles. The number of carbonyl (C=O) groups is 2. The Balaban J connectivity index is 2.73. The minimum absolute atomic E-state index is 0.0439. The van der Waals surface area contributed by atoms with Gasteiger partial charge in [0.15, 0.2) is 0 Å². The first kappa shape index (κ1) is 12.8. The summed E-state index contributed by atoms with van der Waals surface area (Å²) in [7, 11) is 0. The van der Waals surface area contributed by atoms with Crippen LogP contribution < -0.4 is 5.32 Å². The minimum atomic E-state index is -1.11. The maximum atomic E-state index is 11.7. The molecule has 0 bridgehead atoms. The van der Waals surface area contributed by atoms with Gasteiger partial charge >= 0.3 is 5.97 Å². The average molecular weight is 235 g/mol. The van der Waals surface area contributed by atoms with Crippen molar-refractivity contribution in [2.24, 2.45) is 0 Å². The zero-order chi connectivity index (χ0) is 12.8. The van der Waals surface area contributed by atoms with Gasteiger partial charge in [-0.05, 0) is 30.7 Å². The lowest BCUT2D eigenvalue weighted by Gasteiger charge is -2.12. The Morgan fingerprint density at radius 3 is 2.41 bits per heavy atom. The van der Waals surface area contributed by atoms with Crippen LogP contribution in [-0.2, 0) is 4.79 Å². The highest BCUT2D eigenvalue weighted by Crippen LogP contribution is 2.09. The van der Waals surface area contributed by atoms with Gasteiger partial charge in [-0.3, -0.25) is 4.79 Å². The maximum absolute atomic E-state index is 11.7. The number of aromatic hydroxyl groups is 1. The number of aliphatic carboxylic acids is 1. The summed E-state index contributed by atoms with van der Waals surface area (Å²) in [6.45, 7) is 3.43. The fraction of sp³-hybridized carbons (Fsp3) is 0.167. The van der Waals surface area contributed by atoms with E-state index in [2.05, 4.69) is 11.9 Å². The molecule has 0 aliphatic heterocycles. The van der Waals surface area contributed by atoms with Crippen molar-refractivity contribution in [2.45, 2.75) is 12.5 Å². The number of phenols is 1. The number of carbonyl (C=O) groups excluding carboxylic acids is 1. The number of hydrogen-bond acceptors (Lipinski definition) is 3. The first-order valence-corrected chi connectivity index (χ1v) is 4.98. The third-order valence-corrected chi connectivity index (χ3v) is 2.14. The third-order valence-electron chi connectivity index (χ3n) is 2.14. The zero-order valence-electron chi connectivity index (χ0n) is 9.09. The number of phenolic OH excluding ortho intramolecular Hbond substituents is 1. The molecule has 0 spiro atoms. The molecular weight excluding hydrogens is 222 g/mol. The van der Waals surface area contributed by atoms with Crippen LogP contribution in [0, 0.1) is 0 Å². The quantitative estimate of drug-likeness (QED) is 0.668. The number of carboxylic acids is 1. The fourth-order valence-corrected chi connectivity index (χ4v) is 1.24. The second-order valence-corrected chi connectivity index (χ2v) is 3.44. The Hall–Kier alpha value is -2.30. The largest absolute Gasteiger partial charge is 0.508 e. The van der Waals surface area contributed by atoms with E-state index in [1.807, 2.05) is 0 Å². The SMILES string of the molecule is C=CCC(NC(=O)c1ccc(O)cc1)C(=O)O. The van der Waals surface area contributed by atoms with Crippen molar-refractivity contribution in [1.82, 2.24) is 5.32 Å². The van der Waals surface area contributed by atoms with Gasteiger partial charge in [-0.1, -0.05) is 6.08 Å². The highest BCUT2D eigenvalue weighted by atomic mass is 16.4. The van der Waals surface area contributed by atoms with Crippen LogP contribution in [0.5, 0.6) is 5.75 Å². The van der Waals surface area contributed by atoms with E-state index < -0.39 is 17.9 Å². The summed E-state index contributed by atoms with van der Waals surface area (Å²) in [4.78, 5) is 22.5. The summed E-state index contributed by atoms with van der Waals surface area (Å²) in [5, 5.41) is 20.3. The van der Waals surface area contributed by atoms with Gasteiger partial charge in [0, 0.05) is 5.56 Å². The van der Waals surface area contributed by atoms with Crippen LogP contribution >= 0.6 is 0 Å². The molecule has 0 saturated heterocycles. The van der Waals surface area contributed by atoms with Crippen molar-refractivity contribution < 1.29 is 19.8 Å². The summed E-state index contributed by atoms with van der Waals surface area (Å²) in [5.41, 5.74) is 0.290. The predicted molar refractivity (Wildman–Crippen MR) is 61.8 cm³/mol. The van der Waals surface area contributed by atoms with Crippen molar-refractivity contribution in [2.75, 3.05) is 0 Å². The van der Waals surface area contributed by atoms with Crippen LogP contribution in [0.1, 0.15) is 16.8 Å². The molecule has 1 rings (SSSR count). The van der Waals surface area contributed by atoms with Gasteiger partial charge in [0.25, 0.3) is 5.91 Å². The molecular formula is C12H13NO4. The Morgan fingerprint density at radius 2 is 1.94 bits per heavy atom. The lowest BCUT2D eigenvalue weighted by Crippen LogP contribution is -2.40. The van der Waals surface area contributed by atoms with Gasteiger partial charge in [0.2, 0.25) is 0 Å². The fourth-order valence-electron chi connectivity index (χ4n) is 1.24. The Bertz CT molecular complexity index is 425. The first-order valence-electron chi connectivity index (χ1n) is 4.98.